The molecule has 0 spiro atoms. The second-order valence-corrected chi connectivity index (χ2v) is 5.58. The van der Waals surface area contributed by atoms with Gasteiger partial charge in [0.2, 0.25) is 0 Å². The van der Waals surface area contributed by atoms with Crippen molar-refractivity contribution in [2.24, 2.45) is 5.92 Å². The van der Waals surface area contributed by atoms with Gasteiger partial charge < -0.3 is 10.1 Å². The minimum absolute atomic E-state index is 0.486. The van der Waals surface area contributed by atoms with Crippen LogP contribution in [0.5, 0.6) is 5.75 Å². The number of nitrogens with zero attached hydrogens (tertiary/aromatic N) is 1. The highest BCUT2D eigenvalue weighted by Gasteiger charge is 2.34. The van der Waals surface area contributed by atoms with Crippen LogP contribution in [-0.2, 0) is 0 Å². The zero-order chi connectivity index (χ0) is 12.5. The van der Waals surface area contributed by atoms with E-state index in [0.29, 0.717) is 18.0 Å². The average Bonchev–Trinajstić information content (AvgIpc) is 2.92. The summed E-state index contributed by atoms with van der Waals surface area (Å²) in [6, 6.07) is 9.63. The molecule has 0 saturated carbocycles. The van der Waals surface area contributed by atoms with Crippen LogP contribution >= 0.6 is 0 Å². The minimum Gasteiger partial charge on any atom is -0.493 e. The third-order valence-corrected chi connectivity index (χ3v) is 4.33. The summed E-state index contributed by atoms with van der Waals surface area (Å²) in [6.45, 7) is 5.38. The molecular weight excluding hydrogens is 224 g/mol. The van der Waals surface area contributed by atoms with Crippen LogP contribution < -0.4 is 10.1 Å². The molecule has 0 radical (unpaired) electrons. The number of hydrogen-bond acceptors (Lipinski definition) is 3. The molecule has 2 aliphatic rings. The van der Waals surface area contributed by atoms with Gasteiger partial charge in [0.1, 0.15) is 5.75 Å². The van der Waals surface area contributed by atoms with Gasteiger partial charge in [-0.25, -0.2) is 0 Å². The Morgan fingerprint density at radius 2 is 2.17 bits per heavy atom. The van der Waals surface area contributed by atoms with Crippen LogP contribution in [0.25, 0.3) is 0 Å². The van der Waals surface area contributed by atoms with Crippen LogP contribution in [0.15, 0.2) is 24.3 Å². The lowest BCUT2D eigenvalue weighted by atomic mass is 9.90. The zero-order valence-electron chi connectivity index (χ0n) is 11.2. The molecular formula is C15H22N2O. The van der Waals surface area contributed by atoms with Crippen molar-refractivity contribution >= 4 is 0 Å². The fraction of sp³-hybridized carbons (Fsp3) is 0.600. The van der Waals surface area contributed by atoms with Crippen LogP contribution in [0.3, 0.4) is 0 Å². The van der Waals surface area contributed by atoms with E-state index < -0.39 is 0 Å². The highest BCUT2D eigenvalue weighted by molar-refractivity contribution is 5.38. The second-order valence-electron chi connectivity index (χ2n) is 5.58. The summed E-state index contributed by atoms with van der Waals surface area (Å²) in [6.07, 6.45) is 1.25. The monoisotopic (exact) mass is 246 g/mol. The Hall–Kier alpha value is -1.06. The standard InChI is InChI=1S/C15H22N2O/c1-11-10-18-14-6-4-3-5-13(14)15(11)17(2)12-7-8-16-9-12/h3-6,11-12,15-16H,7-10H2,1-2H3. The summed E-state index contributed by atoms with van der Waals surface area (Å²) in [5.41, 5.74) is 1.35. The molecule has 3 nitrogen and oxygen atoms in total. The molecule has 1 fully saturated rings. The summed E-state index contributed by atoms with van der Waals surface area (Å²) in [5, 5.41) is 3.46. The molecule has 0 aliphatic carbocycles. The van der Waals surface area contributed by atoms with E-state index in [2.05, 4.69) is 48.5 Å². The van der Waals surface area contributed by atoms with Gasteiger partial charge in [0.15, 0.2) is 0 Å². The summed E-state index contributed by atoms with van der Waals surface area (Å²) in [5.74, 6) is 1.61. The van der Waals surface area contributed by atoms with E-state index in [1.54, 1.807) is 0 Å². The lowest BCUT2D eigenvalue weighted by molar-refractivity contribution is 0.0838. The first kappa shape index (κ1) is 12.0. The molecule has 3 unspecified atom stereocenters. The highest BCUT2D eigenvalue weighted by Crippen LogP contribution is 2.39. The number of rotatable bonds is 2. The van der Waals surface area contributed by atoms with Crippen molar-refractivity contribution in [1.82, 2.24) is 10.2 Å². The van der Waals surface area contributed by atoms with Crippen LogP contribution in [-0.4, -0.2) is 37.7 Å². The molecule has 3 rings (SSSR count). The van der Waals surface area contributed by atoms with Crippen molar-refractivity contribution in [2.75, 3.05) is 26.7 Å². The maximum atomic E-state index is 5.84. The molecule has 1 N–H and O–H groups in total. The Morgan fingerprint density at radius 3 is 2.94 bits per heavy atom. The van der Waals surface area contributed by atoms with E-state index in [4.69, 9.17) is 4.74 Å². The molecule has 0 amide bonds. The van der Waals surface area contributed by atoms with Crippen molar-refractivity contribution in [3.63, 3.8) is 0 Å². The Bertz CT molecular complexity index is 415. The fourth-order valence-corrected chi connectivity index (χ4v) is 3.31. The first-order chi connectivity index (χ1) is 8.77. The predicted octanol–water partition coefficient (Wildman–Crippen LogP) is 2.05. The van der Waals surface area contributed by atoms with Crippen LogP contribution in [0.1, 0.15) is 24.9 Å². The smallest absolute Gasteiger partial charge is 0.124 e. The summed E-state index contributed by atoms with van der Waals surface area (Å²) >= 11 is 0. The van der Waals surface area contributed by atoms with Crippen molar-refractivity contribution in [3.8, 4) is 5.75 Å². The van der Waals surface area contributed by atoms with Gasteiger partial charge in [0.25, 0.3) is 0 Å². The third kappa shape index (κ3) is 2.02. The molecule has 1 aromatic carbocycles. The van der Waals surface area contributed by atoms with Crippen molar-refractivity contribution < 1.29 is 4.74 Å². The summed E-state index contributed by atoms with van der Waals surface area (Å²) in [7, 11) is 2.26. The lowest BCUT2D eigenvalue weighted by Gasteiger charge is -2.40. The Labute approximate surface area is 109 Å². The molecule has 2 aliphatic heterocycles. The van der Waals surface area contributed by atoms with E-state index in [-0.39, 0.29) is 0 Å². The highest BCUT2D eigenvalue weighted by atomic mass is 16.5. The first-order valence-corrected chi connectivity index (χ1v) is 6.91. The first-order valence-electron chi connectivity index (χ1n) is 6.91. The van der Waals surface area contributed by atoms with Crippen LogP contribution in [0.2, 0.25) is 0 Å². The number of likely N-dealkylation sites (N-methyl/N-ethyl adjacent to an activating group) is 1. The number of nitrogens with one attached hydrogen (secondary N) is 1. The quantitative estimate of drug-likeness (QED) is 0.864. The summed E-state index contributed by atoms with van der Waals surface area (Å²) in [4.78, 5) is 2.55. The summed E-state index contributed by atoms with van der Waals surface area (Å²) < 4.78 is 5.84. The maximum Gasteiger partial charge on any atom is 0.124 e. The van der Waals surface area contributed by atoms with Gasteiger partial charge >= 0.3 is 0 Å². The van der Waals surface area contributed by atoms with E-state index in [9.17, 15) is 0 Å². The van der Waals surface area contributed by atoms with E-state index in [1.165, 1.54) is 12.0 Å². The number of hydrogen-bond donors (Lipinski definition) is 1. The van der Waals surface area contributed by atoms with E-state index in [1.807, 2.05) is 0 Å². The maximum absolute atomic E-state index is 5.84. The van der Waals surface area contributed by atoms with Gasteiger partial charge in [-0.05, 0) is 26.1 Å². The van der Waals surface area contributed by atoms with E-state index >= 15 is 0 Å². The molecule has 18 heavy (non-hydrogen) atoms. The van der Waals surface area contributed by atoms with Crippen LogP contribution in [0, 0.1) is 5.92 Å². The van der Waals surface area contributed by atoms with Gasteiger partial charge in [-0.1, -0.05) is 25.1 Å². The zero-order valence-corrected chi connectivity index (χ0v) is 11.2. The van der Waals surface area contributed by atoms with Crippen molar-refractivity contribution in [3.05, 3.63) is 29.8 Å². The normalized spacial score (nSPS) is 31.2. The second kappa shape index (κ2) is 4.90. The predicted molar refractivity (Wildman–Crippen MR) is 72.9 cm³/mol. The van der Waals surface area contributed by atoms with Crippen LogP contribution in [0.4, 0.5) is 0 Å². The SMILES string of the molecule is CC1COc2ccccc2C1N(C)C1CCNC1. The lowest BCUT2D eigenvalue weighted by Crippen LogP contribution is -2.42. The molecule has 98 valence electrons. The fourth-order valence-electron chi connectivity index (χ4n) is 3.31. The molecule has 0 bridgehead atoms. The molecule has 3 heteroatoms. The van der Waals surface area contributed by atoms with Gasteiger partial charge in [0, 0.05) is 30.1 Å². The Balaban J connectivity index is 1.89. The minimum atomic E-state index is 0.486. The van der Waals surface area contributed by atoms with Crippen molar-refractivity contribution in [2.45, 2.75) is 25.4 Å². The largest absolute Gasteiger partial charge is 0.493 e. The molecule has 3 atom stereocenters. The molecule has 0 aromatic heterocycles. The Kier molecular flexibility index (Phi) is 3.27. The van der Waals surface area contributed by atoms with Crippen molar-refractivity contribution in [1.29, 1.82) is 0 Å². The number of para-hydroxylation sites is 1. The molecule has 1 saturated heterocycles. The van der Waals surface area contributed by atoms with Gasteiger partial charge in [-0.2, -0.15) is 0 Å². The molecule has 1 aromatic rings. The van der Waals surface area contributed by atoms with Gasteiger partial charge in [0.05, 0.1) is 6.61 Å². The number of ether oxygens (including phenoxy) is 1. The molecule has 2 heterocycles. The average molecular weight is 246 g/mol. The number of fused-ring (bicyclic) bond motifs is 1. The van der Waals surface area contributed by atoms with Gasteiger partial charge in [-0.3, -0.25) is 4.90 Å². The Morgan fingerprint density at radius 1 is 1.33 bits per heavy atom. The third-order valence-electron chi connectivity index (χ3n) is 4.33. The topological polar surface area (TPSA) is 24.5 Å². The van der Waals surface area contributed by atoms with Gasteiger partial charge in [-0.15, -0.1) is 0 Å². The van der Waals surface area contributed by atoms with E-state index in [0.717, 1.165) is 25.4 Å². The number of benzene rings is 1.